The van der Waals surface area contributed by atoms with E-state index in [2.05, 4.69) is 37.7 Å². The van der Waals surface area contributed by atoms with Crippen LogP contribution in [0.2, 0.25) is 0 Å². The summed E-state index contributed by atoms with van der Waals surface area (Å²) in [5, 5.41) is 7.24. The van der Waals surface area contributed by atoms with E-state index in [-0.39, 0.29) is 6.04 Å². The summed E-state index contributed by atoms with van der Waals surface area (Å²) in [6.45, 7) is 4.13. The molecule has 0 saturated heterocycles. The minimum Gasteiger partial charge on any atom is -0.352 e. The fourth-order valence-electron chi connectivity index (χ4n) is 1.31. The minimum absolute atomic E-state index is 0.267. The van der Waals surface area contributed by atoms with Crippen LogP contribution in [-0.4, -0.2) is 30.8 Å². The molecular formula is C10H16N8. The zero-order chi connectivity index (χ0) is 13.0. The molecule has 1 atom stereocenters. The van der Waals surface area contributed by atoms with Gasteiger partial charge in [0.15, 0.2) is 0 Å². The summed E-state index contributed by atoms with van der Waals surface area (Å²) in [4.78, 5) is 12.6. The first-order valence-electron chi connectivity index (χ1n) is 5.72. The van der Waals surface area contributed by atoms with E-state index >= 15 is 0 Å². The van der Waals surface area contributed by atoms with Crippen LogP contribution in [0, 0.1) is 0 Å². The third kappa shape index (κ3) is 2.72. The van der Waals surface area contributed by atoms with Gasteiger partial charge >= 0.3 is 0 Å². The molecule has 0 aliphatic heterocycles. The second kappa shape index (κ2) is 5.41. The van der Waals surface area contributed by atoms with E-state index in [9.17, 15) is 0 Å². The first kappa shape index (κ1) is 12.2. The average Bonchev–Trinajstić information content (AvgIpc) is 2.92. The Balaban J connectivity index is 2.33. The van der Waals surface area contributed by atoms with E-state index in [1.807, 2.05) is 6.92 Å². The lowest BCUT2D eigenvalue weighted by Gasteiger charge is -2.12. The Kier molecular flexibility index (Phi) is 3.68. The van der Waals surface area contributed by atoms with E-state index in [1.165, 1.54) is 0 Å². The fraction of sp³-hybridized carbons (Fsp3) is 0.400. The SMILES string of the molecule is CCC(C)Nc1nc(NN)nc(-n2cccn2)n1. The van der Waals surface area contributed by atoms with Crippen molar-refractivity contribution >= 4 is 11.9 Å². The maximum Gasteiger partial charge on any atom is 0.257 e. The molecule has 0 saturated carbocycles. The molecule has 0 aromatic carbocycles. The predicted octanol–water partition coefficient (Wildman–Crippen LogP) is 0.553. The van der Waals surface area contributed by atoms with Crippen LogP contribution >= 0.6 is 0 Å². The van der Waals surface area contributed by atoms with Crippen LogP contribution in [0.5, 0.6) is 0 Å². The Labute approximate surface area is 105 Å². The van der Waals surface area contributed by atoms with Gasteiger partial charge in [-0.3, -0.25) is 5.43 Å². The van der Waals surface area contributed by atoms with Gasteiger partial charge in [-0.25, -0.2) is 10.5 Å². The van der Waals surface area contributed by atoms with Crippen molar-refractivity contribution in [3.05, 3.63) is 18.5 Å². The molecule has 8 heteroatoms. The van der Waals surface area contributed by atoms with Crippen molar-refractivity contribution < 1.29 is 0 Å². The number of nitrogens with two attached hydrogens (primary N) is 1. The van der Waals surface area contributed by atoms with Gasteiger partial charge in [0, 0.05) is 18.4 Å². The number of aromatic nitrogens is 5. The number of hydrogen-bond donors (Lipinski definition) is 3. The first-order valence-corrected chi connectivity index (χ1v) is 5.72. The first-order chi connectivity index (χ1) is 8.72. The second-order valence-electron chi connectivity index (χ2n) is 3.83. The Morgan fingerprint density at radius 2 is 2.11 bits per heavy atom. The third-order valence-corrected chi connectivity index (χ3v) is 2.45. The topological polar surface area (TPSA) is 107 Å². The smallest absolute Gasteiger partial charge is 0.257 e. The van der Waals surface area contributed by atoms with Crippen LogP contribution in [0.25, 0.3) is 5.95 Å². The third-order valence-electron chi connectivity index (χ3n) is 2.45. The van der Waals surface area contributed by atoms with Crippen molar-refractivity contribution in [2.75, 3.05) is 10.7 Å². The van der Waals surface area contributed by atoms with Crippen LogP contribution in [-0.2, 0) is 0 Å². The van der Waals surface area contributed by atoms with Gasteiger partial charge in [0.25, 0.3) is 5.95 Å². The highest BCUT2D eigenvalue weighted by atomic mass is 15.4. The molecule has 8 nitrogen and oxygen atoms in total. The highest BCUT2D eigenvalue weighted by Gasteiger charge is 2.09. The number of nitrogens with one attached hydrogen (secondary N) is 2. The van der Waals surface area contributed by atoms with E-state index in [0.717, 1.165) is 6.42 Å². The van der Waals surface area contributed by atoms with Crippen molar-refractivity contribution in [1.29, 1.82) is 0 Å². The molecule has 0 aliphatic rings. The van der Waals surface area contributed by atoms with Gasteiger partial charge in [0.2, 0.25) is 11.9 Å². The Morgan fingerprint density at radius 1 is 1.33 bits per heavy atom. The van der Waals surface area contributed by atoms with Gasteiger partial charge in [-0.1, -0.05) is 6.92 Å². The number of nitrogens with zero attached hydrogens (tertiary/aromatic N) is 5. The molecule has 1 unspecified atom stereocenters. The lowest BCUT2D eigenvalue weighted by atomic mass is 10.3. The van der Waals surface area contributed by atoms with Crippen LogP contribution in [0.15, 0.2) is 18.5 Å². The van der Waals surface area contributed by atoms with Crippen molar-refractivity contribution in [2.45, 2.75) is 26.3 Å². The van der Waals surface area contributed by atoms with Crippen molar-refractivity contribution in [2.24, 2.45) is 5.84 Å². The van der Waals surface area contributed by atoms with Crippen molar-refractivity contribution in [3.8, 4) is 5.95 Å². The van der Waals surface area contributed by atoms with E-state index in [1.54, 1.807) is 23.1 Å². The summed E-state index contributed by atoms with van der Waals surface area (Å²) in [7, 11) is 0. The van der Waals surface area contributed by atoms with Crippen molar-refractivity contribution in [3.63, 3.8) is 0 Å². The predicted molar refractivity (Wildman–Crippen MR) is 68.1 cm³/mol. The summed E-state index contributed by atoms with van der Waals surface area (Å²) < 4.78 is 1.55. The number of anilines is 2. The molecule has 2 aromatic heterocycles. The lowest BCUT2D eigenvalue weighted by Crippen LogP contribution is -2.20. The largest absolute Gasteiger partial charge is 0.352 e. The van der Waals surface area contributed by atoms with Crippen molar-refractivity contribution in [1.82, 2.24) is 24.7 Å². The van der Waals surface area contributed by atoms with E-state index < -0.39 is 0 Å². The Hall–Kier alpha value is -2.22. The minimum atomic E-state index is 0.267. The summed E-state index contributed by atoms with van der Waals surface area (Å²) >= 11 is 0. The molecule has 18 heavy (non-hydrogen) atoms. The van der Waals surface area contributed by atoms with Crippen LogP contribution in [0.1, 0.15) is 20.3 Å². The normalized spacial score (nSPS) is 12.2. The maximum absolute atomic E-state index is 5.34. The van der Waals surface area contributed by atoms with Gasteiger partial charge in [-0.05, 0) is 19.4 Å². The zero-order valence-electron chi connectivity index (χ0n) is 10.3. The summed E-state index contributed by atoms with van der Waals surface area (Å²) in [5.74, 6) is 6.52. The molecule has 0 radical (unpaired) electrons. The summed E-state index contributed by atoms with van der Waals surface area (Å²) in [5.41, 5.74) is 2.42. The quantitative estimate of drug-likeness (QED) is 0.524. The van der Waals surface area contributed by atoms with Gasteiger partial charge in [0.1, 0.15) is 0 Å². The molecule has 2 rings (SSSR count). The van der Waals surface area contributed by atoms with Gasteiger partial charge in [-0.2, -0.15) is 20.1 Å². The van der Waals surface area contributed by atoms with E-state index in [0.29, 0.717) is 17.8 Å². The monoisotopic (exact) mass is 248 g/mol. The Bertz CT molecular complexity index is 495. The number of hydrazine groups is 1. The average molecular weight is 248 g/mol. The summed E-state index contributed by atoms with van der Waals surface area (Å²) in [6, 6.07) is 2.06. The van der Waals surface area contributed by atoms with Crippen LogP contribution in [0.3, 0.4) is 0 Å². The van der Waals surface area contributed by atoms with Gasteiger partial charge in [0.05, 0.1) is 0 Å². The number of hydrogen-bond acceptors (Lipinski definition) is 7. The number of rotatable bonds is 5. The zero-order valence-corrected chi connectivity index (χ0v) is 10.3. The van der Waals surface area contributed by atoms with Gasteiger partial charge in [-0.15, -0.1) is 0 Å². The van der Waals surface area contributed by atoms with Gasteiger partial charge < -0.3 is 5.32 Å². The highest BCUT2D eigenvalue weighted by molar-refractivity contribution is 5.37. The maximum atomic E-state index is 5.34. The summed E-state index contributed by atoms with van der Waals surface area (Å²) in [6.07, 6.45) is 4.37. The fourth-order valence-corrected chi connectivity index (χ4v) is 1.31. The molecule has 0 amide bonds. The molecule has 0 bridgehead atoms. The highest BCUT2D eigenvalue weighted by Crippen LogP contribution is 2.09. The van der Waals surface area contributed by atoms with E-state index in [4.69, 9.17) is 5.84 Å². The molecular weight excluding hydrogens is 232 g/mol. The molecule has 2 aromatic rings. The molecule has 0 spiro atoms. The Morgan fingerprint density at radius 3 is 2.72 bits per heavy atom. The second-order valence-corrected chi connectivity index (χ2v) is 3.83. The molecule has 96 valence electrons. The molecule has 2 heterocycles. The molecule has 0 fully saturated rings. The van der Waals surface area contributed by atoms with Crippen LogP contribution in [0.4, 0.5) is 11.9 Å². The lowest BCUT2D eigenvalue weighted by molar-refractivity contribution is 0.740. The molecule has 4 N–H and O–H groups in total. The standard InChI is InChI=1S/C10H16N8/c1-3-7(2)13-8-14-9(17-11)16-10(15-8)18-6-4-5-12-18/h4-7H,3,11H2,1-2H3,(H2,13,14,15,16,17). The number of nitrogen functional groups attached to an aromatic ring is 1. The van der Waals surface area contributed by atoms with Crippen LogP contribution < -0.4 is 16.6 Å². The molecule has 0 aliphatic carbocycles.